The summed E-state index contributed by atoms with van der Waals surface area (Å²) in [5.41, 5.74) is 0. The van der Waals surface area contributed by atoms with Crippen LogP contribution >= 0.6 is 0 Å². The number of sulfonamides is 1. The smallest absolute Gasteiger partial charge is 0.227 e. The highest BCUT2D eigenvalue weighted by molar-refractivity contribution is 7.88. The molecule has 0 spiro atoms. The monoisotopic (exact) mass is 275 g/mol. The first-order valence-corrected chi connectivity index (χ1v) is 8.02. The van der Waals surface area contributed by atoms with Crippen molar-refractivity contribution in [3.63, 3.8) is 0 Å². The first-order chi connectivity index (χ1) is 8.29. The van der Waals surface area contributed by atoms with Crippen LogP contribution in [0.2, 0.25) is 0 Å². The van der Waals surface area contributed by atoms with E-state index >= 15 is 0 Å². The second-order valence-corrected chi connectivity index (χ2v) is 7.52. The number of nitrogens with zero attached hydrogens (tertiary/aromatic N) is 3. The van der Waals surface area contributed by atoms with Gasteiger partial charge in [-0.25, -0.2) is 12.7 Å². The summed E-state index contributed by atoms with van der Waals surface area (Å²) in [6.07, 6.45) is 1.21. The number of hydrogen-bond donors (Lipinski definition) is 0. The third-order valence-corrected chi connectivity index (χ3v) is 5.01. The van der Waals surface area contributed by atoms with Crippen LogP contribution in [0.25, 0.3) is 0 Å². The van der Waals surface area contributed by atoms with Gasteiger partial charge in [0.1, 0.15) is 0 Å². The van der Waals surface area contributed by atoms with Crippen molar-refractivity contribution in [2.24, 2.45) is 11.8 Å². The predicted molar refractivity (Wildman–Crippen MR) is 68.5 cm³/mol. The van der Waals surface area contributed by atoms with Gasteiger partial charge in [-0.3, -0.25) is 4.79 Å². The fourth-order valence-electron chi connectivity index (χ4n) is 2.70. The SMILES string of the molecule is CN(C)CCN1C[C@@H]2CN(S(C)(=O)=O)C[C@@H]2C1=O. The molecule has 1 amide bonds. The van der Waals surface area contributed by atoms with Gasteiger partial charge >= 0.3 is 0 Å². The number of carbonyl (C=O) groups excluding carboxylic acids is 1. The van der Waals surface area contributed by atoms with Crippen LogP contribution in [-0.2, 0) is 14.8 Å². The molecule has 0 saturated carbocycles. The summed E-state index contributed by atoms with van der Waals surface area (Å²) in [4.78, 5) is 16.1. The molecule has 7 heteroatoms. The number of fused-ring (bicyclic) bond motifs is 1. The Bertz CT molecular complexity index is 435. The largest absolute Gasteiger partial charge is 0.341 e. The topological polar surface area (TPSA) is 60.9 Å². The van der Waals surface area contributed by atoms with Crippen LogP contribution in [0.4, 0.5) is 0 Å². The minimum Gasteiger partial charge on any atom is -0.341 e. The molecule has 2 aliphatic heterocycles. The van der Waals surface area contributed by atoms with Gasteiger partial charge < -0.3 is 9.80 Å². The van der Waals surface area contributed by atoms with E-state index in [-0.39, 0.29) is 17.7 Å². The predicted octanol–water partition coefficient (Wildman–Crippen LogP) is -1.10. The van der Waals surface area contributed by atoms with Gasteiger partial charge in [0.25, 0.3) is 0 Å². The first kappa shape index (κ1) is 13.8. The van der Waals surface area contributed by atoms with Crippen molar-refractivity contribution in [1.82, 2.24) is 14.1 Å². The fraction of sp³-hybridized carbons (Fsp3) is 0.909. The van der Waals surface area contributed by atoms with E-state index in [2.05, 4.69) is 0 Å². The van der Waals surface area contributed by atoms with Gasteiger partial charge in [0, 0.05) is 38.6 Å². The quantitative estimate of drug-likeness (QED) is 0.653. The molecule has 2 atom stereocenters. The van der Waals surface area contributed by atoms with Crippen molar-refractivity contribution in [3.8, 4) is 0 Å². The lowest BCUT2D eigenvalue weighted by Gasteiger charge is -2.22. The van der Waals surface area contributed by atoms with Crippen molar-refractivity contribution in [3.05, 3.63) is 0 Å². The summed E-state index contributed by atoms with van der Waals surface area (Å²) in [6.45, 7) is 3.14. The summed E-state index contributed by atoms with van der Waals surface area (Å²) in [7, 11) is 0.801. The highest BCUT2D eigenvalue weighted by atomic mass is 32.2. The van der Waals surface area contributed by atoms with Gasteiger partial charge in [0.15, 0.2) is 0 Å². The normalized spacial score (nSPS) is 29.3. The first-order valence-electron chi connectivity index (χ1n) is 6.17. The lowest BCUT2D eigenvalue weighted by atomic mass is 10.0. The molecule has 0 aliphatic carbocycles. The molecule has 2 fully saturated rings. The number of likely N-dealkylation sites (N-methyl/N-ethyl adjacent to an activating group) is 1. The van der Waals surface area contributed by atoms with E-state index in [9.17, 15) is 13.2 Å². The fourth-order valence-corrected chi connectivity index (χ4v) is 3.59. The van der Waals surface area contributed by atoms with Crippen LogP contribution in [0.5, 0.6) is 0 Å². The third-order valence-electron chi connectivity index (χ3n) is 3.78. The molecule has 18 heavy (non-hydrogen) atoms. The van der Waals surface area contributed by atoms with Gasteiger partial charge in [-0.15, -0.1) is 0 Å². The maximum Gasteiger partial charge on any atom is 0.227 e. The van der Waals surface area contributed by atoms with Crippen LogP contribution in [0.15, 0.2) is 0 Å². The Kier molecular flexibility index (Phi) is 3.66. The van der Waals surface area contributed by atoms with Crippen LogP contribution in [0.3, 0.4) is 0 Å². The molecule has 2 saturated heterocycles. The molecule has 104 valence electrons. The zero-order chi connectivity index (χ0) is 13.5. The molecule has 0 aromatic rings. The second kappa shape index (κ2) is 4.79. The Hall–Kier alpha value is -0.660. The van der Waals surface area contributed by atoms with Crippen LogP contribution in [0, 0.1) is 11.8 Å². The van der Waals surface area contributed by atoms with Crippen molar-refractivity contribution >= 4 is 15.9 Å². The molecule has 0 unspecified atom stereocenters. The van der Waals surface area contributed by atoms with Gasteiger partial charge in [0.2, 0.25) is 15.9 Å². The molecule has 0 radical (unpaired) electrons. The average Bonchev–Trinajstić information content (AvgIpc) is 2.75. The van der Waals surface area contributed by atoms with Gasteiger partial charge in [-0.05, 0) is 14.1 Å². The Morgan fingerprint density at radius 1 is 1.28 bits per heavy atom. The summed E-state index contributed by atoms with van der Waals surface area (Å²) < 4.78 is 24.4. The minimum absolute atomic E-state index is 0.119. The third kappa shape index (κ3) is 2.67. The molecule has 6 nitrogen and oxygen atoms in total. The lowest BCUT2D eigenvalue weighted by Crippen LogP contribution is -2.38. The Labute approximate surface area is 109 Å². The molecule has 0 aromatic heterocycles. The van der Waals surface area contributed by atoms with E-state index in [4.69, 9.17) is 0 Å². The van der Waals surface area contributed by atoms with Gasteiger partial charge in [0.05, 0.1) is 12.2 Å². The summed E-state index contributed by atoms with van der Waals surface area (Å²) in [5, 5.41) is 0. The second-order valence-electron chi connectivity index (χ2n) is 5.53. The average molecular weight is 275 g/mol. The zero-order valence-corrected chi connectivity index (χ0v) is 12.0. The number of rotatable bonds is 4. The van der Waals surface area contributed by atoms with Crippen molar-refractivity contribution in [2.75, 3.05) is 53.1 Å². The Morgan fingerprint density at radius 2 is 1.94 bits per heavy atom. The van der Waals surface area contributed by atoms with E-state index < -0.39 is 10.0 Å². The highest BCUT2D eigenvalue weighted by Crippen LogP contribution is 2.33. The van der Waals surface area contributed by atoms with Crippen molar-refractivity contribution in [1.29, 1.82) is 0 Å². The van der Waals surface area contributed by atoms with E-state index in [0.29, 0.717) is 19.6 Å². The van der Waals surface area contributed by atoms with E-state index in [1.165, 1.54) is 10.6 Å². The molecule has 2 aliphatic rings. The van der Waals surface area contributed by atoms with Crippen molar-refractivity contribution < 1.29 is 13.2 Å². The molecule has 2 heterocycles. The molecular formula is C11H21N3O3S. The summed E-state index contributed by atoms with van der Waals surface area (Å²) >= 11 is 0. The summed E-state index contributed by atoms with van der Waals surface area (Å²) in [6, 6.07) is 0. The van der Waals surface area contributed by atoms with E-state index in [1.54, 1.807) is 0 Å². The molecule has 2 rings (SSSR count). The molecular weight excluding hydrogens is 254 g/mol. The van der Waals surface area contributed by atoms with Gasteiger partial charge in [-0.1, -0.05) is 0 Å². The number of carbonyl (C=O) groups is 1. The van der Waals surface area contributed by atoms with Crippen molar-refractivity contribution in [2.45, 2.75) is 0 Å². The van der Waals surface area contributed by atoms with Crippen LogP contribution < -0.4 is 0 Å². The summed E-state index contributed by atoms with van der Waals surface area (Å²) in [5.74, 6) is 0.171. The van der Waals surface area contributed by atoms with E-state index in [1.807, 2.05) is 23.9 Å². The van der Waals surface area contributed by atoms with Crippen LogP contribution in [-0.4, -0.2) is 81.5 Å². The lowest BCUT2D eigenvalue weighted by molar-refractivity contribution is -0.131. The maximum absolute atomic E-state index is 12.2. The molecule has 0 N–H and O–H groups in total. The maximum atomic E-state index is 12.2. The zero-order valence-electron chi connectivity index (χ0n) is 11.2. The Balaban J connectivity index is 1.96. The minimum atomic E-state index is -3.16. The Morgan fingerprint density at radius 3 is 2.44 bits per heavy atom. The number of likely N-dealkylation sites (tertiary alicyclic amines) is 1. The number of hydrogen-bond acceptors (Lipinski definition) is 4. The van der Waals surface area contributed by atoms with E-state index in [0.717, 1.165) is 13.1 Å². The van der Waals surface area contributed by atoms with Crippen LogP contribution in [0.1, 0.15) is 0 Å². The highest BCUT2D eigenvalue weighted by Gasteiger charge is 2.47. The molecule has 0 bridgehead atoms. The molecule has 0 aromatic carbocycles. The number of amides is 1. The van der Waals surface area contributed by atoms with Gasteiger partial charge in [-0.2, -0.15) is 0 Å². The standard InChI is InChI=1S/C11H21N3O3S/c1-12(2)4-5-13-6-9-7-14(18(3,16)17)8-10(9)11(13)15/h9-10H,4-8H2,1-3H3/t9-,10+/m1/s1.